The smallest absolute Gasteiger partial charge is 0.450 e. The van der Waals surface area contributed by atoms with E-state index in [1.165, 1.54) is 0 Å². The van der Waals surface area contributed by atoms with Gasteiger partial charge in [0.1, 0.15) is 0 Å². The average molecular weight is 194 g/mol. The van der Waals surface area contributed by atoms with E-state index in [2.05, 4.69) is 20.3 Å². The molecule has 0 aliphatic carbocycles. The maximum absolute atomic E-state index is 10.6. The number of rotatable bonds is 2. The highest BCUT2D eigenvalue weighted by molar-refractivity contribution is 6.18. The number of azo groups is 1. The number of ether oxygens (including phenoxy) is 1. The van der Waals surface area contributed by atoms with Crippen molar-refractivity contribution in [2.24, 2.45) is 10.2 Å². The van der Waals surface area contributed by atoms with Crippen LogP contribution in [0.4, 0.5) is 9.59 Å². The Labute approximate surface area is 73.9 Å². The largest absolute Gasteiger partial charge is 0.452 e. The number of halogens is 1. The van der Waals surface area contributed by atoms with Gasteiger partial charge in [0.2, 0.25) is 0 Å². The molecule has 0 atom stereocenters. The van der Waals surface area contributed by atoms with Crippen LogP contribution in [0.15, 0.2) is 10.2 Å². The van der Waals surface area contributed by atoms with Gasteiger partial charge < -0.3 is 10.1 Å². The van der Waals surface area contributed by atoms with E-state index in [-0.39, 0.29) is 12.4 Å². The summed E-state index contributed by atoms with van der Waals surface area (Å²) in [5.74, 6) is 0.277. The van der Waals surface area contributed by atoms with Gasteiger partial charge in [-0.25, -0.2) is 9.59 Å². The summed E-state index contributed by atoms with van der Waals surface area (Å²) in [5.41, 5.74) is 0. The second kappa shape index (κ2) is 6.53. The highest BCUT2D eigenvalue weighted by atomic mass is 35.5. The third-order valence-electron chi connectivity index (χ3n) is 0.768. The van der Waals surface area contributed by atoms with Crippen molar-refractivity contribution in [1.29, 1.82) is 0 Å². The maximum atomic E-state index is 10.6. The molecule has 0 bridgehead atoms. The number of hydrogen-bond acceptors (Lipinski definition) is 3. The van der Waals surface area contributed by atoms with Crippen molar-refractivity contribution in [1.82, 2.24) is 5.32 Å². The minimum absolute atomic E-state index is 0.277. The van der Waals surface area contributed by atoms with Crippen LogP contribution in [0.25, 0.3) is 0 Å². The molecule has 0 aliphatic heterocycles. The lowest BCUT2D eigenvalue weighted by atomic mass is 10.7. The van der Waals surface area contributed by atoms with E-state index in [4.69, 9.17) is 11.6 Å². The summed E-state index contributed by atoms with van der Waals surface area (Å²) in [6.45, 7) is 0.278. The molecule has 68 valence electrons. The van der Waals surface area contributed by atoms with Gasteiger partial charge >= 0.3 is 12.1 Å². The fourth-order valence-electron chi connectivity index (χ4n) is 0.317. The van der Waals surface area contributed by atoms with Gasteiger partial charge in [0.25, 0.3) is 0 Å². The van der Waals surface area contributed by atoms with Gasteiger partial charge in [-0.15, -0.1) is 11.6 Å². The van der Waals surface area contributed by atoms with Gasteiger partial charge in [-0.05, 0) is 0 Å². The van der Waals surface area contributed by atoms with Crippen molar-refractivity contribution < 1.29 is 14.3 Å². The summed E-state index contributed by atoms with van der Waals surface area (Å²) >= 11 is 5.26. The molecule has 0 radical (unpaired) electrons. The van der Waals surface area contributed by atoms with Crippen LogP contribution in [0.2, 0.25) is 0 Å². The van der Waals surface area contributed by atoms with Crippen LogP contribution in [-0.4, -0.2) is 31.7 Å². The normalized spacial score (nSPS) is 9.83. The molecule has 0 aliphatic rings. The van der Waals surface area contributed by atoms with Crippen LogP contribution < -0.4 is 5.32 Å². The molecule has 0 unspecified atom stereocenters. The summed E-state index contributed by atoms with van der Waals surface area (Å²) in [4.78, 5) is 20.9. The average Bonchev–Trinajstić information content (AvgIpc) is 2.10. The first kappa shape index (κ1) is 10.8. The predicted octanol–water partition coefficient (Wildman–Crippen LogP) is 1.15. The summed E-state index contributed by atoms with van der Waals surface area (Å²) in [6, 6.07) is -0.721. The van der Waals surface area contributed by atoms with Crippen molar-refractivity contribution in [2.45, 2.75) is 0 Å². The van der Waals surface area contributed by atoms with Crippen LogP contribution >= 0.6 is 11.6 Å². The lowest BCUT2D eigenvalue weighted by molar-refractivity contribution is 0.180. The summed E-state index contributed by atoms with van der Waals surface area (Å²) in [5, 5.41) is 8.15. The highest BCUT2D eigenvalue weighted by Gasteiger charge is 1.98. The van der Waals surface area contributed by atoms with E-state index < -0.39 is 12.1 Å². The number of nitrogens with zero attached hydrogens (tertiary/aromatic N) is 2. The van der Waals surface area contributed by atoms with E-state index in [9.17, 15) is 9.59 Å². The van der Waals surface area contributed by atoms with Crippen molar-refractivity contribution in [3.05, 3.63) is 0 Å². The number of carbonyl (C=O) groups excluding carboxylic acids is 2. The SMILES string of the molecule is COC(=O)N=NC(=O)NCCCl. The number of nitrogens with one attached hydrogen (secondary N) is 1. The third kappa shape index (κ3) is 5.60. The molecule has 12 heavy (non-hydrogen) atoms. The van der Waals surface area contributed by atoms with Gasteiger partial charge in [-0.3, -0.25) is 0 Å². The monoisotopic (exact) mass is 193 g/mol. The van der Waals surface area contributed by atoms with Crippen LogP contribution in [0.3, 0.4) is 0 Å². The second-order valence-electron chi connectivity index (χ2n) is 1.59. The van der Waals surface area contributed by atoms with E-state index in [0.29, 0.717) is 0 Å². The lowest BCUT2D eigenvalue weighted by Gasteiger charge is -1.93. The molecule has 6 nitrogen and oxygen atoms in total. The first-order chi connectivity index (χ1) is 5.70. The number of carbonyl (C=O) groups is 2. The fourth-order valence-corrected chi connectivity index (χ4v) is 0.411. The number of hydrogen-bond donors (Lipinski definition) is 1. The first-order valence-electron chi connectivity index (χ1n) is 3.04. The minimum atomic E-state index is -0.920. The Morgan fingerprint density at radius 1 is 1.50 bits per heavy atom. The zero-order valence-electron chi connectivity index (χ0n) is 6.41. The number of amides is 3. The standard InChI is InChI=1S/C5H8ClN3O3/c1-12-5(11)9-8-4(10)7-3-2-6/h2-3H2,1H3,(H,7,10). The van der Waals surface area contributed by atoms with Crippen molar-refractivity contribution in [3.63, 3.8) is 0 Å². The molecule has 0 aromatic carbocycles. The Morgan fingerprint density at radius 3 is 2.67 bits per heavy atom. The van der Waals surface area contributed by atoms with E-state index >= 15 is 0 Å². The van der Waals surface area contributed by atoms with Crippen molar-refractivity contribution in [3.8, 4) is 0 Å². The van der Waals surface area contributed by atoms with Gasteiger partial charge in [-0.2, -0.15) is 0 Å². The summed E-state index contributed by atoms with van der Waals surface area (Å²) < 4.78 is 4.10. The number of urea groups is 1. The molecule has 7 heteroatoms. The molecule has 0 heterocycles. The molecule has 0 saturated carbocycles. The zero-order chi connectivity index (χ0) is 9.40. The summed E-state index contributed by atoms with van der Waals surface area (Å²) in [6.07, 6.45) is -0.920. The van der Waals surface area contributed by atoms with Crippen LogP contribution in [-0.2, 0) is 4.74 Å². The molecular weight excluding hydrogens is 186 g/mol. The maximum Gasteiger partial charge on any atom is 0.452 e. The molecule has 3 amide bonds. The highest BCUT2D eigenvalue weighted by Crippen LogP contribution is 1.83. The van der Waals surface area contributed by atoms with Crippen LogP contribution in [0.1, 0.15) is 0 Å². The molecule has 0 saturated heterocycles. The Kier molecular flexibility index (Phi) is 5.90. The molecule has 0 rings (SSSR count). The van der Waals surface area contributed by atoms with E-state index in [1.54, 1.807) is 0 Å². The minimum Gasteiger partial charge on any atom is -0.450 e. The van der Waals surface area contributed by atoms with Crippen molar-refractivity contribution >= 4 is 23.7 Å². The molecule has 0 aromatic rings. The number of alkyl halides is 1. The second-order valence-corrected chi connectivity index (χ2v) is 1.97. The van der Waals surface area contributed by atoms with Crippen LogP contribution in [0.5, 0.6) is 0 Å². The van der Waals surface area contributed by atoms with Crippen LogP contribution in [0, 0.1) is 0 Å². The van der Waals surface area contributed by atoms with E-state index in [0.717, 1.165) is 7.11 Å². The Hall–Kier alpha value is -1.17. The predicted molar refractivity (Wildman–Crippen MR) is 41.4 cm³/mol. The molecule has 0 spiro atoms. The number of methoxy groups -OCH3 is 1. The molecule has 1 N–H and O–H groups in total. The molecule has 0 fully saturated rings. The molecular formula is C5H8ClN3O3. The molecule has 0 aromatic heterocycles. The van der Waals surface area contributed by atoms with Crippen molar-refractivity contribution in [2.75, 3.05) is 19.5 Å². The van der Waals surface area contributed by atoms with Gasteiger partial charge in [-0.1, -0.05) is 10.2 Å². The van der Waals surface area contributed by atoms with E-state index in [1.807, 2.05) is 0 Å². The first-order valence-corrected chi connectivity index (χ1v) is 3.57. The fraction of sp³-hybridized carbons (Fsp3) is 0.600. The van der Waals surface area contributed by atoms with Gasteiger partial charge in [0.05, 0.1) is 7.11 Å². The lowest BCUT2D eigenvalue weighted by Crippen LogP contribution is -2.21. The zero-order valence-corrected chi connectivity index (χ0v) is 7.17. The summed E-state index contributed by atoms with van der Waals surface area (Å²) in [7, 11) is 1.14. The topological polar surface area (TPSA) is 80.1 Å². The Bertz CT molecular complexity index is 194. The Morgan fingerprint density at radius 2 is 2.17 bits per heavy atom. The van der Waals surface area contributed by atoms with Gasteiger partial charge in [0.15, 0.2) is 0 Å². The van der Waals surface area contributed by atoms with Gasteiger partial charge in [0, 0.05) is 12.4 Å². The quantitative estimate of drug-likeness (QED) is 0.528. The third-order valence-corrected chi connectivity index (χ3v) is 0.957. The Balaban J connectivity index is 3.67.